The smallest absolute Gasteiger partial charge is 0.411 e. The van der Waals surface area contributed by atoms with E-state index in [9.17, 15) is 9.59 Å². The number of nitrogens with zero attached hydrogens (tertiary/aromatic N) is 1. The summed E-state index contributed by atoms with van der Waals surface area (Å²) in [5.74, 6) is 0.708. The molecule has 2 amide bonds. The van der Waals surface area contributed by atoms with Crippen LogP contribution in [0.5, 0.6) is 11.5 Å². The quantitative estimate of drug-likeness (QED) is 0.769. The number of morpholine rings is 1. The van der Waals surface area contributed by atoms with Crippen LogP contribution in [0, 0.1) is 0 Å². The van der Waals surface area contributed by atoms with Gasteiger partial charge in [-0.1, -0.05) is 30.3 Å². The first-order valence-electron chi connectivity index (χ1n) is 9.30. The van der Waals surface area contributed by atoms with Crippen LogP contribution in [0.3, 0.4) is 0 Å². The molecule has 2 aromatic carbocycles. The first-order chi connectivity index (χ1) is 14.2. The van der Waals surface area contributed by atoms with Gasteiger partial charge in [-0.2, -0.15) is 0 Å². The van der Waals surface area contributed by atoms with Crippen LogP contribution in [-0.4, -0.2) is 56.9 Å². The van der Waals surface area contributed by atoms with Crippen molar-refractivity contribution in [2.24, 2.45) is 0 Å². The highest BCUT2D eigenvalue weighted by molar-refractivity contribution is 5.85. The third-order valence-corrected chi connectivity index (χ3v) is 4.34. The van der Waals surface area contributed by atoms with Crippen molar-refractivity contribution in [3.63, 3.8) is 0 Å². The lowest BCUT2D eigenvalue weighted by atomic mass is 10.2. The van der Waals surface area contributed by atoms with Crippen LogP contribution in [0.4, 0.5) is 10.5 Å². The van der Waals surface area contributed by atoms with Crippen molar-refractivity contribution in [1.29, 1.82) is 0 Å². The van der Waals surface area contributed by atoms with E-state index in [0.717, 1.165) is 5.56 Å². The minimum atomic E-state index is -0.577. The molecular weight excluding hydrogens is 376 g/mol. The van der Waals surface area contributed by atoms with Crippen LogP contribution in [0.1, 0.15) is 5.56 Å². The van der Waals surface area contributed by atoms with Crippen molar-refractivity contribution in [1.82, 2.24) is 4.90 Å². The van der Waals surface area contributed by atoms with Gasteiger partial charge in [0.25, 0.3) is 5.91 Å². The van der Waals surface area contributed by atoms with E-state index in [-0.39, 0.29) is 19.1 Å². The molecule has 1 heterocycles. The molecule has 3 rings (SSSR count). The summed E-state index contributed by atoms with van der Waals surface area (Å²) in [7, 11) is 1.49. The van der Waals surface area contributed by atoms with E-state index in [1.165, 1.54) is 7.11 Å². The third-order valence-electron chi connectivity index (χ3n) is 4.34. The van der Waals surface area contributed by atoms with Gasteiger partial charge in [-0.15, -0.1) is 0 Å². The minimum absolute atomic E-state index is 0.0950. The van der Waals surface area contributed by atoms with Gasteiger partial charge in [-0.25, -0.2) is 4.79 Å². The molecule has 2 aromatic rings. The van der Waals surface area contributed by atoms with E-state index in [1.807, 2.05) is 30.3 Å². The Bertz CT molecular complexity index is 821. The van der Waals surface area contributed by atoms with Crippen LogP contribution >= 0.6 is 0 Å². The fourth-order valence-electron chi connectivity index (χ4n) is 2.79. The highest BCUT2D eigenvalue weighted by Crippen LogP contribution is 2.30. The van der Waals surface area contributed by atoms with Crippen LogP contribution in [0.15, 0.2) is 48.5 Å². The maximum Gasteiger partial charge on any atom is 0.411 e. The largest absolute Gasteiger partial charge is 0.493 e. The molecule has 0 saturated carbocycles. The number of carbonyl (C=O) groups is 2. The minimum Gasteiger partial charge on any atom is -0.493 e. The maximum absolute atomic E-state index is 12.2. The van der Waals surface area contributed by atoms with Gasteiger partial charge in [0.1, 0.15) is 6.61 Å². The molecule has 0 aromatic heterocycles. The van der Waals surface area contributed by atoms with Gasteiger partial charge in [0.05, 0.1) is 20.3 Å². The fraction of sp³-hybridized carbons (Fsp3) is 0.333. The Labute approximate surface area is 169 Å². The zero-order valence-corrected chi connectivity index (χ0v) is 16.3. The molecule has 29 heavy (non-hydrogen) atoms. The highest BCUT2D eigenvalue weighted by Gasteiger charge is 2.18. The summed E-state index contributed by atoms with van der Waals surface area (Å²) in [4.78, 5) is 25.9. The zero-order valence-electron chi connectivity index (χ0n) is 16.3. The number of carbonyl (C=O) groups excluding carboxylic acids is 2. The number of methoxy groups -OCH3 is 1. The zero-order chi connectivity index (χ0) is 20.5. The average molecular weight is 400 g/mol. The van der Waals surface area contributed by atoms with Gasteiger partial charge in [-0.3, -0.25) is 10.1 Å². The predicted molar refractivity (Wildman–Crippen MR) is 106 cm³/mol. The van der Waals surface area contributed by atoms with E-state index < -0.39 is 6.09 Å². The topological polar surface area (TPSA) is 86.3 Å². The lowest BCUT2D eigenvalue weighted by molar-refractivity contribution is -0.137. The Morgan fingerprint density at radius 3 is 2.55 bits per heavy atom. The molecular formula is C21H24N2O6. The molecule has 0 atom stereocenters. The lowest BCUT2D eigenvalue weighted by Crippen LogP contribution is -2.43. The first kappa shape index (κ1) is 20.5. The lowest BCUT2D eigenvalue weighted by Gasteiger charge is -2.26. The summed E-state index contributed by atoms with van der Waals surface area (Å²) in [5.41, 5.74) is 1.39. The Balaban J connectivity index is 1.52. The summed E-state index contributed by atoms with van der Waals surface area (Å²) in [6, 6.07) is 14.3. The average Bonchev–Trinajstić information content (AvgIpc) is 2.77. The van der Waals surface area contributed by atoms with E-state index in [2.05, 4.69) is 5.32 Å². The number of nitrogens with one attached hydrogen (secondary N) is 1. The molecule has 0 spiro atoms. The second kappa shape index (κ2) is 10.3. The maximum atomic E-state index is 12.2. The monoisotopic (exact) mass is 400 g/mol. The molecule has 0 bridgehead atoms. The van der Waals surface area contributed by atoms with Gasteiger partial charge in [-0.05, 0) is 17.7 Å². The van der Waals surface area contributed by atoms with Crippen LogP contribution in [-0.2, 0) is 20.9 Å². The van der Waals surface area contributed by atoms with Gasteiger partial charge in [0, 0.05) is 24.8 Å². The molecule has 1 aliphatic rings. The molecule has 154 valence electrons. The Kier molecular flexibility index (Phi) is 7.29. The van der Waals surface area contributed by atoms with Crippen molar-refractivity contribution in [2.45, 2.75) is 6.61 Å². The first-order valence-corrected chi connectivity index (χ1v) is 9.30. The van der Waals surface area contributed by atoms with Crippen molar-refractivity contribution in [3.8, 4) is 11.5 Å². The van der Waals surface area contributed by atoms with Crippen molar-refractivity contribution in [3.05, 3.63) is 54.1 Å². The number of anilines is 1. The van der Waals surface area contributed by atoms with E-state index in [4.69, 9.17) is 18.9 Å². The van der Waals surface area contributed by atoms with Gasteiger partial charge in [0.15, 0.2) is 18.1 Å². The Morgan fingerprint density at radius 2 is 1.83 bits per heavy atom. The normalized spacial score (nSPS) is 13.5. The molecule has 8 nitrogen and oxygen atoms in total. The van der Waals surface area contributed by atoms with Gasteiger partial charge in [0.2, 0.25) is 0 Å². The van der Waals surface area contributed by atoms with Gasteiger partial charge < -0.3 is 23.8 Å². The van der Waals surface area contributed by atoms with Crippen molar-refractivity contribution < 1.29 is 28.5 Å². The van der Waals surface area contributed by atoms with Crippen LogP contribution in [0.2, 0.25) is 0 Å². The molecule has 1 saturated heterocycles. The summed E-state index contributed by atoms with van der Waals surface area (Å²) < 4.78 is 21.4. The predicted octanol–water partition coefficient (Wildman–Crippen LogP) is 2.68. The molecule has 0 radical (unpaired) electrons. The summed E-state index contributed by atoms with van der Waals surface area (Å²) >= 11 is 0. The number of hydrogen-bond acceptors (Lipinski definition) is 6. The van der Waals surface area contributed by atoms with Crippen LogP contribution in [0.25, 0.3) is 0 Å². The van der Waals surface area contributed by atoms with E-state index in [1.54, 1.807) is 23.1 Å². The van der Waals surface area contributed by atoms with Gasteiger partial charge >= 0.3 is 6.09 Å². The molecule has 1 fully saturated rings. The Hall–Kier alpha value is -3.26. The highest BCUT2D eigenvalue weighted by atomic mass is 16.5. The number of hydrogen-bond donors (Lipinski definition) is 1. The van der Waals surface area contributed by atoms with E-state index >= 15 is 0 Å². The number of amides is 2. The molecule has 0 aliphatic carbocycles. The summed E-state index contributed by atoms with van der Waals surface area (Å²) in [6.45, 7) is 2.28. The van der Waals surface area contributed by atoms with Crippen molar-refractivity contribution >= 4 is 17.7 Å². The molecule has 1 aliphatic heterocycles. The Morgan fingerprint density at radius 1 is 1.07 bits per heavy atom. The fourth-order valence-corrected chi connectivity index (χ4v) is 2.79. The number of benzene rings is 2. The summed E-state index contributed by atoms with van der Waals surface area (Å²) in [5, 5.41) is 2.64. The standard InChI is InChI=1S/C21H24N2O6/c1-26-19-13-17(22-21(25)29-14-16-5-3-2-4-6-16)7-8-18(19)28-15-20(24)23-9-11-27-12-10-23/h2-8,13H,9-12,14-15H2,1H3,(H,22,25). The van der Waals surface area contributed by atoms with E-state index in [0.29, 0.717) is 43.5 Å². The second-order valence-corrected chi connectivity index (χ2v) is 6.33. The number of rotatable bonds is 7. The summed E-state index contributed by atoms with van der Waals surface area (Å²) in [6.07, 6.45) is -0.577. The van der Waals surface area contributed by atoms with Crippen LogP contribution < -0.4 is 14.8 Å². The molecule has 1 N–H and O–H groups in total. The number of ether oxygens (including phenoxy) is 4. The molecule has 0 unspecified atom stereocenters. The van der Waals surface area contributed by atoms with Crippen molar-refractivity contribution in [2.75, 3.05) is 45.3 Å². The second-order valence-electron chi connectivity index (χ2n) is 6.33. The SMILES string of the molecule is COc1cc(NC(=O)OCc2ccccc2)ccc1OCC(=O)N1CCOCC1. The molecule has 8 heteroatoms. The third kappa shape index (κ3) is 6.11.